The van der Waals surface area contributed by atoms with Crippen molar-refractivity contribution in [2.45, 2.75) is 205 Å². The number of aliphatic hydroxyl groups excluding tert-OH is 9. The number of hydrogen-bond acceptors (Lipinski definition) is 17. The monoisotopic (exact) mass is 926 g/mol. The Morgan fingerprint density at radius 2 is 1.25 bits per heavy atom. The van der Waals surface area contributed by atoms with E-state index in [9.17, 15) is 60.7 Å². The molecule has 0 unspecified atom stereocenters. The number of hydrogen-bond donors (Lipinski definition) is 10. The third-order valence-corrected chi connectivity index (χ3v) is 18.9. The zero-order valence-corrected chi connectivity index (χ0v) is 38.7. The molecule has 18 heteroatoms. The van der Waals surface area contributed by atoms with E-state index in [2.05, 4.69) is 54.5 Å². The van der Waals surface area contributed by atoms with Gasteiger partial charge in [0.15, 0.2) is 18.7 Å². The molecule has 10 N–H and O–H groups in total. The molecule has 0 aromatic rings. The smallest absolute Gasteiger partial charge is 0.335 e. The standard InChI is InChI=1S/C47H74O18/c1-42(2)14-16-47(41(59)65-39-33(55)30(52)28(50)23(19-48)61-39)17-15-45(6)21(22(47)18-42)8-9-26-44(5)12-11-27(43(3,4)25(44)10-13-46(26,45)7)62-40-34(56)31(53)35(36(64-40)37(57)58)63-38-32(54)29(51)24(20-49)60-38/h8,22-36,38-40,48-56H,9-20H2,1-7H3,(H,57,58)/t22-,23-,24+,25+,26-,27+,28-,29-,30+,31-,32+,33-,34-,35+,36+,38+,39+,40-,44+,45-,46-,47+/m1/s1. The van der Waals surface area contributed by atoms with Crippen molar-refractivity contribution in [3.8, 4) is 0 Å². The molecule has 0 aromatic heterocycles. The van der Waals surface area contributed by atoms with Gasteiger partial charge in [-0.1, -0.05) is 60.1 Å². The number of carbonyl (C=O) groups is 2. The van der Waals surface area contributed by atoms with Gasteiger partial charge in [-0.3, -0.25) is 4.79 Å². The maximum Gasteiger partial charge on any atom is 0.335 e. The van der Waals surface area contributed by atoms with Crippen LogP contribution < -0.4 is 0 Å². The summed E-state index contributed by atoms with van der Waals surface area (Å²) < 4.78 is 35.0. The van der Waals surface area contributed by atoms with Crippen molar-refractivity contribution in [1.82, 2.24) is 0 Å². The molecule has 8 rings (SSSR count). The first-order valence-corrected chi connectivity index (χ1v) is 23.7. The highest BCUT2D eigenvalue weighted by Gasteiger charge is 2.70. The molecule has 5 aliphatic carbocycles. The molecule has 3 saturated heterocycles. The Balaban J connectivity index is 1.01. The minimum atomic E-state index is -1.84. The van der Waals surface area contributed by atoms with Crippen molar-refractivity contribution in [2.75, 3.05) is 13.2 Å². The summed E-state index contributed by atoms with van der Waals surface area (Å²) in [5.41, 5.74) is -0.800. The summed E-state index contributed by atoms with van der Waals surface area (Å²) >= 11 is 0. The number of carboxylic acids is 1. The second-order valence-corrected chi connectivity index (χ2v) is 23.0. The van der Waals surface area contributed by atoms with Crippen LogP contribution in [0.5, 0.6) is 0 Å². The Hall–Kier alpha value is -1.88. The summed E-state index contributed by atoms with van der Waals surface area (Å²) in [6, 6.07) is 0. The summed E-state index contributed by atoms with van der Waals surface area (Å²) in [7, 11) is 0. The third-order valence-electron chi connectivity index (χ3n) is 18.9. The Morgan fingerprint density at radius 3 is 1.89 bits per heavy atom. The van der Waals surface area contributed by atoms with Gasteiger partial charge in [-0.25, -0.2) is 4.79 Å². The molecule has 370 valence electrons. The van der Waals surface area contributed by atoms with Gasteiger partial charge < -0.3 is 79.5 Å². The maximum absolute atomic E-state index is 14.6. The summed E-state index contributed by atoms with van der Waals surface area (Å²) in [6.07, 6.45) is -13.2. The molecule has 8 aliphatic rings. The van der Waals surface area contributed by atoms with Crippen LogP contribution in [-0.2, 0) is 38.0 Å². The highest BCUT2D eigenvalue weighted by atomic mass is 16.8. The van der Waals surface area contributed by atoms with Crippen molar-refractivity contribution in [3.05, 3.63) is 11.6 Å². The van der Waals surface area contributed by atoms with Gasteiger partial charge in [-0.05, 0) is 109 Å². The zero-order valence-electron chi connectivity index (χ0n) is 38.7. The van der Waals surface area contributed by atoms with E-state index in [0.29, 0.717) is 19.3 Å². The number of esters is 1. The van der Waals surface area contributed by atoms with Gasteiger partial charge in [0.1, 0.15) is 61.0 Å². The van der Waals surface area contributed by atoms with Gasteiger partial charge in [0, 0.05) is 0 Å². The summed E-state index contributed by atoms with van der Waals surface area (Å²) in [4.78, 5) is 27.2. The molecule has 3 heterocycles. The first-order valence-electron chi connectivity index (χ1n) is 23.7. The van der Waals surface area contributed by atoms with E-state index in [1.165, 1.54) is 5.57 Å². The van der Waals surface area contributed by atoms with Crippen LogP contribution in [0.15, 0.2) is 11.6 Å². The Morgan fingerprint density at radius 1 is 0.662 bits per heavy atom. The molecule has 0 radical (unpaired) electrons. The van der Waals surface area contributed by atoms with Crippen molar-refractivity contribution < 1.29 is 89.1 Å². The maximum atomic E-state index is 14.6. The van der Waals surface area contributed by atoms with Gasteiger partial charge >= 0.3 is 11.9 Å². The van der Waals surface area contributed by atoms with E-state index >= 15 is 0 Å². The fourth-order valence-corrected chi connectivity index (χ4v) is 14.8. The van der Waals surface area contributed by atoms with Crippen molar-refractivity contribution in [2.24, 2.45) is 50.2 Å². The molecular weight excluding hydrogens is 852 g/mol. The highest BCUT2D eigenvalue weighted by Crippen LogP contribution is 2.76. The minimum absolute atomic E-state index is 0.0645. The van der Waals surface area contributed by atoms with E-state index in [4.69, 9.17) is 28.4 Å². The molecule has 3 aliphatic heterocycles. The molecule has 65 heavy (non-hydrogen) atoms. The van der Waals surface area contributed by atoms with Gasteiger partial charge in [-0.2, -0.15) is 0 Å². The van der Waals surface area contributed by atoms with Crippen molar-refractivity contribution >= 4 is 11.9 Å². The van der Waals surface area contributed by atoms with Gasteiger partial charge in [-0.15, -0.1) is 0 Å². The number of carbonyl (C=O) groups excluding carboxylic acids is 1. The fourth-order valence-electron chi connectivity index (χ4n) is 14.8. The Labute approximate surface area is 380 Å². The van der Waals surface area contributed by atoms with Crippen LogP contribution in [0, 0.1) is 50.2 Å². The van der Waals surface area contributed by atoms with Gasteiger partial charge in [0.25, 0.3) is 0 Å². The number of aliphatic hydroxyl groups is 9. The molecule has 22 atom stereocenters. The first kappa shape index (κ1) is 49.5. The quantitative estimate of drug-likeness (QED) is 0.0872. The molecule has 0 bridgehead atoms. The van der Waals surface area contributed by atoms with Crippen LogP contribution in [0.3, 0.4) is 0 Å². The highest BCUT2D eigenvalue weighted by molar-refractivity contribution is 5.79. The number of rotatable bonds is 9. The number of carboxylic acid groups (broad SMARTS) is 1. The van der Waals surface area contributed by atoms with Crippen LogP contribution >= 0.6 is 0 Å². The Bertz CT molecular complexity index is 1820. The molecule has 7 fully saturated rings. The van der Waals surface area contributed by atoms with E-state index in [-0.39, 0.29) is 39.4 Å². The lowest BCUT2D eigenvalue weighted by molar-refractivity contribution is -0.342. The van der Waals surface area contributed by atoms with Crippen LogP contribution in [0.1, 0.15) is 113 Å². The van der Waals surface area contributed by atoms with Gasteiger partial charge in [0.2, 0.25) is 6.29 Å². The normalized spacial score (nSPS) is 52.5. The van der Waals surface area contributed by atoms with Crippen LogP contribution in [-0.4, -0.2) is 168 Å². The number of ether oxygens (including phenoxy) is 6. The van der Waals surface area contributed by atoms with Crippen LogP contribution in [0.2, 0.25) is 0 Å². The second kappa shape index (κ2) is 17.2. The number of allylic oxidation sites excluding steroid dienone is 2. The van der Waals surface area contributed by atoms with Crippen molar-refractivity contribution in [1.29, 1.82) is 0 Å². The lowest BCUT2D eigenvalue weighted by atomic mass is 9.33. The van der Waals surface area contributed by atoms with Crippen LogP contribution in [0.25, 0.3) is 0 Å². The second-order valence-electron chi connectivity index (χ2n) is 23.0. The lowest BCUT2D eigenvalue weighted by Crippen LogP contribution is -2.66. The zero-order chi connectivity index (χ0) is 47.6. The number of fused-ring (bicyclic) bond motifs is 7. The van der Waals surface area contributed by atoms with E-state index < -0.39 is 128 Å². The van der Waals surface area contributed by atoms with E-state index in [0.717, 1.165) is 44.9 Å². The predicted molar refractivity (Wildman–Crippen MR) is 225 cm³/mol. The van der Waals surface area contributed by atoms with Crippen molar-refractivity contribution in [3.63, 3.8) is 0 Å². The topological polar surface area (TPSA) is 292 Å². The largest absolute Gasteiger partial charge is 0.479 e. The minimum Gasteiger partial charge on any atom is -0.479 e. The average molecular weight is 927 g/mol. The number of aliphatic carboxylic acids is 1. The third kappa shape index (κ3) is 7.67. The predicted octanol–water partition coefficient (Wildman–Crippen LogP) is 0.872. The molecule has 0 amide bonds. The van der Waals surface area contributed by atoms with E-state index in [1.807, 2.05) is 0 Å². The summed E-state index contributed by atoms with van der Waals surface area (Å²) in [6.45, 7) is 14.6. The Kier molecular flexibility index (Phi) is 13.1. The molecular formula is C47H74O18. The van der Waals surface area contributed by atoms with Gasteiger partial charge in [0.05, 0.1) is 24.7 Å². The van der Waals surface area contributed by atoms with E-state index in [1.54, 1.807) is 0 Å². The molecule has 4 saturated carbocycles. The summed E-state index contributed by atoms with van der Waals surface area (Å²) in [5.74, 6) is -1.77. The SMILES string of the molecule is CC1(C)CC[C@]2(C(=O)O[C@@H]3O[C@H](CO)[C@@H](O)[C@H](O)[C@H]3O)CC[C@]3(C)C(=CC[C@@H]4[C@@]5(C)CC[C@H](O[C@@H]6O[C@H](C(=O)O)[C@@H](O[C@@H]7O[C@@H](CO)[C@@H](O)[C@@H]7O)[C@H](O)[C@H]6O)C(C)(C)[C@@H]5CC[C@]43C)[C@H]2C1. The molecule has 0 aromatic carbocycles. The molecule has 0 spiro atoms. The molecule has 18 nitrogen and oxygen atoms in total. The first-order chi connectivity index (χ1) is 30.3. The average Bonchev–Trinajstić information content (AvgIpc) is 3.52. The fraction of sp³-hybridized carbons (Fsp3) is 0.915. The van der Waals surface area contributed by atoms with Crippen LogP contribution in [0.4, 0.5) is 0 Å². The lowest BCUT2D eigenvalue weighted by Gasteiger charge is -2.71. The summed E-state index contributed by atoms with van der Waals surface area (Å²) in [5, 5.41) is 104.